The van der Waals surface area contributed by atoms with Gasteiger partial charge < -0.3 is 14.8 Å². The maximum atomic E-state index is 11.9. The van der Waals surface area contributed by atoms with E-state index in [1.807, 2.05) is 11.4 Å². The molecule has 100 valence electrons. The molecule has 1 unspecified atom stereocenters. The number of hydrogen-bond donors (Lipinski definition) is 1. The van der Waals surface area contributed by atoms with Crippen molar-refractivity contribution >= 4 is 17.2 Å². The summed E-state index contributed by atoms with van der Waals surface area (Å²) in [5.41, 5.74) is 0.750. The third-order valence-corrected chi connectivity index (χ3v) is 3.78. The molecule has 1 atom stereocenters. The molecule has 1 fully saturated rings. The standard InChI is InChI=1S/C13H19NO3S/c1-2-3-12-6-10(9-18-12)13(15)14-7-11-8-16-4-5-17-11/h6,9,11H,2-5,7-8H2,1H3,(H,14,15). The molecule has 0 saturated carbocycles. The van der Waals surface area contributed by atoms with Crippen molar-refractivity contribution in [1.82, 2.24) is 5.32 Å². The molecule has 1 aliphatic rings. The van der Waals surface area contributed by atoms with Crippen LogP contribution in [0, 0.1) is 0 Å². The van der Waals surface area contributed by atoms with Crippen LogP contribution < -0.4 is 5.32 Å². The van der Waals surface area contributed by atoms with Gasteiger partial charge in [-0.2, -0.15) is 0 Å². The highest BCUT2D eigenvalue weighted by molar-refractivity contribution is 7.10. The molecular weight excluding hydrogens is 250 g/mol. The van der Waals surface area contributed by atoms with Crippen LogP contribution >= 0.6 is 11.3 Å². The lowest BCUT2D eigenvalue weighted by Gasteiger charge is -2.22. The summed E-state index contributed by atoms with van der Waals surface area (Å²) in [6, 6.07) is 1.97. The van der Waals surface area contributed by atoms with E-state index in [2.05, 4.69) is 12.2 Å². The molecule has 1 N–H and O–H groups in total. The molecule has 2 heterocycles. The fraction of sp³-hybridized carbons (Fsp3) is 0.615. The first kappa shape index (κ1) is 13.5. The van der Waals surface area contributed by atoms with Gasteiger partial charge in [0.15, 0.2) is 0 Å². The molecule has 18 heavy (non-hydrogen) atoms. The molecular formula is C13H19NO3S. The number of aryl methyl sites for hydroxylation is 1. The summed E-state index contributed by atoms with van der Waals surface area (Å²) in [7, 11) is 0. The molecule has 0 radical (unpaired) electrons. The Kier molecular flexibility index (Phi) is 5.16. The van der Waals surface area contributed by atoms with Crippen molar-refractivity contribution in [3.05, 3.63) is 21.9 Å². The van der Waals surface area contributed by atoms with E-state index in [0.717, 1.165) is 18.4 Å². The van der Waals surface area contributed by atoms with Gasteiger partial charge in [0.1, 0.15) is 0 Å². The van der Waals surface area contributed by atoms with Gasteiger partial charge in [0.05, 0.1) is 31.5 Å². The smallest absolute Gasteiger partial charge is 0.252 e. The summed E-state index contributed by atoms with van der Waals surface area (Å²) >= 11 is 1.65. The van der Waals surface area contributed by atoms with Gasteiger partial charge in [-0.3, -0.25) is 4.79 Å². The average Bonchev–Trinajstić information content (AvgIpc) is 2.86. The lowest BCUT2D eigenvalue weighted by Crippen LogP contribution is -2.39. The first-order valence-corrected chi connectivity index (χ1v) is 7.22. The van der Waals surface area contributed by atoms with Gasteiger partial charge in [0.25, 0.3) is 5.91 Å². The van der Waals surface area contributed by atoms with Crippen LogP contribution in [0.5, 0.6) is 0 Å². The first-order chi connectivity index (χ1) is 8.79. The quantitative estimate of drug-likeness (QED) is 0.887. The van der Waals surface area contributed by atoms with E-state index in [-0.39, 0.29) is 12.0 Å². The maximum absolute atomic E-state index is 11.9. The van der Waals surface area contributed by atoms with Gasteiger partial charge in [-0.15, -0.1) is 11.3 Å². The largest absolute Gasteiger partial charge is 0.376 e. The molecule has 2 rings (SSSR count). The van der Waals surface area contributed by atoms with E-state index in [1.165, 1.54) is 4.88 Å². The fourth-order valence-electron chi connectivity index (χ4n) is 1.84. The van der Waals surface area contributed by atoms with Crippen LogP contribution in [0.1, 0.15) is 28.6 Å². The Morgan fingerprint density at radius 3 is 3.17 bits per heavy atom. The number of thiophene rings is 1. The van der Waals surface area contributed by atoms with E-state index in [0.29, 0.717) is 26.4 Å². The molecule has 0 bridgehead atoms. The number of ether oxygens (including phenoxy) is 2. The third kappa shape index (κ3) is 3.80. The lowest BCUT2D eigenvalue weighted by molar-refractivity contribution is -0.0855. The van der Waals surface area contributed by atoms with Crippen molar-refractivity contribution in [2.75, 3.05) is 26.4 Å². The van der Waals surface area contributed by atoms with Gasteiger partial charge in [0, 0.05) is 16.8 Å². The monoisotopic (exact) mass is 269 g/mol. The second-order valence-electron chi connectivity index (χ2n) is 4.33. The molecule has 1 aromatic heterocycles. The van der Waals surface area contributed by atoms with Crippen molar-refractivity contribution < 1.29 is 14.3 Å². The van der Waals surface area contributed by atoms with Crippen molar-refractivity contribution in [3.8, 4) is 0 Å². The van der Waals surface area contributed by atoms with E-state index in [1.54, 1.807) is 11.3 Å². The SMILES string of the molecule is CCCc1cc(C(=O)NCC2COCCO2)cs1. The predicted molar refractivity (Wildman–Crippen MR) is 71.2 cm³/mol. The molecule has 0 aliphatic carbocycles. The summed E-state index contributed by atoms with van der Waals surface area (Å²) in [5, 5.41) is 4.80. The first-order valence-electron chi connectivity index (χ1n) is 6.34. The van der Waals surface area contributed by atoms with Gasteiger partial charge in [-0.25, -0.2) is 0 Å². The summed E-state index contributed by atoms with van der Waals surface area (Å²) in [5.74, 6) is -0.0252. The Morgan fingerprint density at radius 2 is 2.44 bits per heavy atom. The van der Waals surface area contributed by atoms with Gasteiger partial charge in [-0.1, -0.05) is 13.3 Å². The summed E-state index contributed by atoms with van der Waals surface area (Å²) in [4.78, 5) is 13.2. The number of hydrogen-bond acceptors (Lipinski definition) is 4. The number of carbonyl (C=O) groups is 1. The Balaban J connectivity index is 1.79. The zero-order valence-electron chi connectivity index (χ0n) is 10.6. The number of carbonyl (C=O) groups excluding carboxylic acids is 1. The van der Waals surface area contributed by atoms with E-state index in [4.69, 9.17) is 9.47 Å². The minimum atomic E-state index is -0.0252. The molecule has 1 aliphatic heterocycles. The average molecular weight is 269 g/mol. The van der Waals surface area contributed by atoms with Crippen molar-refractivity contribution in [1.29, 1.82) is 0 Å². The van der Waals surface area contributed by atoms with Crippen LogP contribution in [0.15, 0.2) is 11.4 Å². The van der Waals surface area contributed by atoms with Crippen LogP contribution in [0.3, 0.4) is 0 Å². The lowest BCUT2D eigenvalue weighted by atomic mass is 10.2. The molecule has 1 aromatic rings. The van der Waals surface area contributed by atoms with Crippen LogP contribution in [0.25, 0.3) is 0 Å². The number of amides is 1. The Morgan fingerprint density at radius 1 is 1.56 bits per heavy atom. The molecule has 1 saturated heterocycles. The topological polar surface area (TPSA) is 47.6 Å². The van der Waals surface area contributed by atoms with E-state index >= 15 is 0 Å². The van der Waals surface area contributed by atoms with Crippen LogP contribution in [-0.2, 0) is 15.9 Å². The highest BCUT2D eigenvalue weighted by atomic mass is 32.1. The molecule has 0 aromatic carbocycles. The van der Waals surface area contributed by atoms with Gasteiger partial charge in [-0.05, 0) is 12.5 Å². The summed E-state index contributed by atoms with van der Waals surface area (Å²) in [6.45, 7) is 4.47. The molecule has 4 nitrogen and oxygen atoms in total. The Labute approximate surface area is 111 Å². The third-order valence-electron chi connectivity index (χ3n) is 2.79. The van der Waals surface area contributed by atoms with Crippen molar-refractivity contribution in [2.24, 2.45) is 0 Å². The van der Waals surface area contributed by atoms with Gasteiger partial charge in [0.2, 0.25) is 0 Å². The number of nitrogens with one attached hydrogen (secondary N) is 1. The van der Waals surface area contributed by atoms with E-state index in [9.17, 15) is 4.79 Å². The minimum absolute atomic E-state index is 0.0172. The second kappa shape index (κ2) is 6.87. The minimum Gasteiger partial charge on any atom is -0.376 e. The molecule has 5 heteroatoms. The summed E-state index contributed by atoms with van der Waals surface area (Å²) < 4.78 is 10.8. The zero-order valence-corrected chi connectivity index (χ0v) is 11.4. The van der Waals surface area contributed by atoms with Crippen LogP contribution in [0.2, 0.25) is 0 Å². The Bertz CT molecular complexity index is 385. The highest BCUT2D eigenvalue weighted by Gasteiger charge is 2.16. The predicted octanol–water partition coefficient (Wildman–Crippen LogP) is 1.85. The number of rotatable bonds is 5. The van der Waals surface area contributed by atoms with Gasteiger partial charge >= 0.3 is 0 Å². The highest BCUT2D eigenvalue weighted by Crippen LogP contribution is 2.16. The van der Waals surface area contributed by atoms with Crippen molar-refractivity contribution in [2.45, 2.75) is 25.9 Å². The second-order valence-corrected chi connectivity index (χ2v) is 5.33. The summed E-state index contributed by atoms with van der Waals surface area (Å²) in [6.07, 6.45) is 2.13. The molecule has 1 amide bonds. The normalized spacial score (nSPS) is 19.7. The van der Waals surface area contributed by atoms with Crippen LogP contribution in [0.4, 0.5) is 0 Å². The van der Waals surface area contributed by atoms with Crippen LogP contribution in [-0.4, -0.2) is 38.4 Å². The van der Waals surface area contributed by atoms with E-state index < -0.39 is 0 Å². The van der Waals surface area contributed by atoms with Crippen molar-refractivity contribution in [3.63, 3.8) is 0 Å². The fourth-order valence-corrected chi connectivity index (χ4v) is 2.81. The molecule has 0 spiro atoms. The maximum Gasteiger partial charge on any atom is 0.252 e. The Hall–Kier alpha value is -0.910. The zero-order chi connectivity index (χ0) is 12.8.